The number of carbonyl (C=O) groups excluding carboxylic acids is 1. The molecule has 192 valence electrons. The molecule has 3 unspecified atom stereocenters. The van der Waals surface area contributed by atoms with E-state index in [1.165, 1.54) is 4.88 Å². The number of aliphatic carboxylic acids is 2. The second-order valence-electron chi connectivity index (χ2n) is 8.33. The van der Waals surface area contributed by atoms with Crippen LogP contribution in [0.2, 0.25) is 0 Å². The first-order chi connectivity index (χ1) is 16.7. The smallest absolute Gasteiger partial charge is 0.414 e. The van der Waals surface area contributed by atoms with Crippen molar-refractivity contribution in [3.63, 3.8) is 0 Å². The molecule has 35 heavy (non-hydrogen) atoms. The van der Waals surface area contributed by atoms with E-state index in [4.69, 9.17) is 29.3 Å². The maximum absolute atomic E-state index is 13.3. The molecule has 3 atom stereocenters. The molecule has 9 nitrogen and oxygen atoms in total. The zero-order valence-electron chi connectivity index (χ0n) is 20.5. The van der Waals surface area contributed by atoms with Crippen molar-refractivity contribution in [3.05, 3.63) is 46.7 Å². The number of methoxy groups -OCH3 is 2. The maximum Gasteiger partial charge on any atom is 0.414 e. The van der Waals surface area contributed by atoms with Gasteiger partial charge in [-0.2, -0.15) is 0 Å². The molecule has 0 radical (unpaired) electrons. The van der Waals surface area contributed by atoms with E-state index < -0.39 is 18.0 Å². The van der Waals surface area contributed by atoms with Crippen molar-refractivity contribution in [1.82, 2.24) is 4.90 Å². The minimum Gasteiger partial charge on any atom is -0.495 e. The van der Waals surface area contributed by atoms with Crippen molar-refractivity contribution in [3.8, 4) is 5.75 Å². The number of hydrogen-bond acceptors (Lipinski definition) is 7. The van der Waals surface area contributed by atoms with Gasteiger partial charge in [-0.3, -0.25) is 4.79 Å². The highest BCUT2D eigenvalue weighted by atomic mass is 32.1. The van der Waals surface area contributed by atoms with Crippen LogP contribution in [0.15, 0.2) is 41.8 Å². The van der Waals surface area contributed by atoms with Crippen molar-refractivity contribution in [2.24, 2.45) is 5.92 Å². The van der Waals surface area contributed by atoms with E-state index in [0.29, 0.717) is 5.92 Å². The van der Waals surface area contributed by atoms with E-state index >= 15 is 0 Å². The molecule has 1 aromatic heterocycles. The quantitative estimate of drug-likeness (QED) is 0.524. The normalized spacial score (nSPS) is 18.6. The molecule has 1 amide bonds. The molecule has 1 fully saturated rings. The predicted octanol–water partition coefficient (Wildman–Crippen LogP) is 3.23. The number of para-hydroxylation sites is 2. The fraction of sp³-hybridized carbons (Fsp3) is 0.480. The molecule has 1 aliphatic rings. The second kappa shape index (κ2) is 13.8. The van der Waals surface area contributed by atoms with Crippen LogP contribution >= 0.6 is 11.3 Å². The molecule has 1 aromatic carbocycles. The number of carboxylic acids is 2. The number of rotatable bonds is 8. The number of ether oxygens (including phenoxy) is 2. The van der Waals surface area contributed by atoms with Crippen LogP contribution < -0.4 is 9.64 Å². The Morgan fingerprint density at radius 3 is 2.37 bits per heavy atom. The number of nitrogens with zero attached hydrogens (tertiary/aromatic N) is 2. The lowest BCUT2D eigenvalue weighted by Crippen LogP contribution is -2.54. The number of benzene rings is 1. The highest BCUT2D eigenvalue weighted by Gasteiger charge is 2.36. The summed E-state index contributed by atoms with van der Waals surface area (Å²) in [6, 6.07) is 12.2. The summed E-state index contributed by atoms with van der Waals surface area (Å²) >= 11 is 1.82. The van der Waals surface area contributed by atoms with Gasteiger partial charge in [-0.1, -0.05) is 25.1 Å². The summed E-state index contributed by atoms with van der Waals surface area (Å²) in [5, 5.41) is 16.9. The van der Waals surface area contributed by atoms with Gasteiger partial charge in [0.05, 0.1) is 12.8 Å². The molecule has 1 saturated heterocycles. The van der Waals surface area contributed by atoms with Crippen molar-refractivity contribution >= 4 is 34.9 Å². The van der Waals surface area contributed by atoms with E-state index in [1.54, 1.807) is 14.2 Å². The molecule has 2 heterocycles. The first-order valence-corrected chi connectivity index (χ1v) is 12.3. The molecular weight excluding hydrogens is 472 g/mol. The summed E-state index contributed by atoms with van der Waals surface area (Å²) in [5.41, 5.74) is 0.827. The molecule has 0 spiro atoms. The third kappa shape index (κ3) is 8.05. The molecule has 2 aromatic rings. The summed E-state index contributed by atoms with van der Waals surface area (Å²) in [6.45, 7) is 7.09. The molecule has 1 aliphatic heterocycles. The van der Waals surface area contributed by atoms with Crippen LogP contribution in [-0.2, 0) is 25.5 Å². The summed E-state index contributed by atoms with van der Waals surface area (Å²) in [6.07, 6.45) is 1.53. The second-order valence-corrected chi connectivity index (χ2v) is 9.36. The minimum absolute atomic E-state index is 0.0131. The highest BCUT2D eigenvalue weighted by molar-refractivity contribution is 7.09. The topological polar surface area (TPSA) is 117 Å². The third-order valence-corrected chi connectivity index (χ3v) is 6.93. The van der Waals surface area contributed by atoms with Crippen LogP contribution in [0, 0.1) is 5.92 Å². The number of anilines is 1. The molecule has 0 saturated carbocycles. The van der Waals surface area contributed by atoms with Crippen molar-refractivity contribution in [2.75, 3.05) is 38.8 Å². The number of carbonyl (C=O) groups is 3. The fourth-order valence-corrected chi connectivity index (χ4v) is 4.81. The number of hydrogen-bond donors (Lipinski definition) is 2. The lowest BCUT2D eigenvalue weighted by molar-refractivity contribution is -0.159. The first-order valence-electron chi connectivity index (χ1n) is 11.4. The van der Waals surface area contributed by atoms with Crippen molar-refractivity contribution in [2.45, 2.75) is 38.8 Å². The van der Waals surface area contributed by atoms with Crippen molar-refractivity contribution in [1.29, 1.82) is 0 Å². The van der Waals surface area contributed by atoms with Gasteiger partial charge in [0, 0.05) is 37.7 Å². The molecule has 3 rings (SSSR count). The van der Waals surface area contributed by atoms with Gasteiger partial charge in [-0.15, -0.1) is 11.3 Å². The Labute approximate surface area is 209 Å². The molecule has 0 bridgehead atoms. The Hall–Kier alpha value is -2.95. The van der Waals surface area contributed by atoms with E-state index in [0.717, 1.165) is 43.9 Å². The number of amides is 1. The summed E-state index contributed by atoms with van der Waals surface area (Å²) in [5.74, 6) is -2.59. The Morgan fingerprint density at radius 1 is 1.14 bits per heavy atom. The van der Waals surface area contributed by atoms with Gasteiger partial charge in [-0.25, -0.2) is 9.59 Å². The third-order valence-electron chi connectivity index (χ3n) is 6.00. The highest BCUT2D eigenvalue weighted by Crippen LogP contribution is 2.34. The number of carboxylic acid groups (broad SMARTS) is 2. The Balaban J connectivity index is 0.000000641. The lowest BCUT2D eigenvalue weighted by atomic mass is 9.91. The van der Waals surface area contributed by atoms with Gasteiger partial charge in [0.2, 0.25) is 0 Å². The van der Waals surface area contributed by atoms with Gasteiger partial charge < -0.3 is 29.5 Å². The van der Waals surface area contributed by atoms with Crippen LogP contribution in [-0.4, -0.2) is 79.0 Å². The van der Waals surface area contributed by atoms with Gasteiger partial charge in [0.1, 0.15) is 11.9 Å². The summed E-state index contributed by atoms with van der Waals surface area (Å²) in [7, 11) is 3.23. The SMILES string of the molecule is COc1ccccc1N(C(=O)C(C)OC)C1CCN(CCc2cccs2)CC1C.O=C(O)C(=O)O. The number of thiophene rings is 1. The summed E-state index contributed by atoms with van der Waals surface area (Å²) in [4.78, 5) is 37.4. The van der Waals surface area contributed by atoms with Crippen LogP contribution in [0.4, 0.5) is 5.69 Å². The van der Waals surface area contributed by atoms with E-state index in [9.17, 15) is 4.79 Å². The predicted molar refractivity (Wildman–Crippen MR) is 134 cm³/mol. The monoisotopic (exact) mass is 506 g/mol. The zero-order chi connectivity index (χ0) is 26.0. The Bertz CT molecular complexity index is 954. The van der Waals surface area contributed by atoms with Crippen LogP contribution in [0.25, 0.3) is 0 Å². The van der Waals surface area contributed by atoms with Gasteiger partial charge in [-0.05, 0) is 49.3 Å². The molecule has 0 aliphatic carbocycles. The minimum atomic E-state index is -1.82. The van der Waals surface area contributed by atoms with Gasteiger partial charge >= 0.3 is 11.9 Å². The fourth-order valence-electron chi connectivity index (χ4n) is 4.12. The number of likely N-dealkylation sites (tertiary alicyclic amines) is 1. The zero-order valence-corrected chi connectivity index (χ0v) is 21.4. The van der Waals surface area contributed by atoms with Crippen LogP contribution in [0.3, 0.4) is 0 Å². The largest absolute Gasteiger partial charge is 0.495 e. The van der Waals surface area contributed by atoms with E-state index in [1.807, 2.05) is 47.4 Å². The molecular formula is C25H34N2O7S. The molecule has 2 N–H and O–H groups in total. The summed E-state index contributed by atoms with van der Waals surface area (Å²) < 4.78 is 10.9. The van der Waals surface area contributed by atoms with Crippen LogP contribution in [0.1, 0.15) is 25.1 Å². The average molecular weight is 507 g/mol. The Morgan fingerprint density at radius 2 is 1.83 bits per heavy atom. The number of piperidine rings is 1. The maximum atomic E-state index is 13.3. The van der Waals surface area contributed by atoms with Gasteiger partial charge in [0.25, 0.3) is 5.91 Å². The van der Waals surface area contributed by atoms with Gasteiger partial charge in [0.15, 0.2) is 0 Å². The first kappa shape index (κ1) is 28.3. The molecule has 10 heteroatoms. The van der Waals surface area contributed by atoms with Crippen molar-refractivity contribution < 1.29 is 34.1 Å². The van der Waals surface area contributed by atoms with E-state index in [2.05, 4.69) is 29.3 Å². The standard InChI is InChI=1S/C23H32N2O3S.C2H2O4/c1-17-16-24(13-11-19-8-7-15-29-19)14-12-20(17)25(23(26)18(2)27-3)21-9-5-6-10-22(21)28-4;3-1(4)2(5)6/h5-10,15,17-18,20H,11-14,16H2,1-4H3;(H,3,4)(H,5,6). The lowest BCUT2D eigenvalue weighted by Gasteiger charge is -2.43. The van der Waals surface area contributed by atoms with Crippen LogP contribution in [0.5, 0.6) is 5.75 Å². The van der Waals surface area contributed by atoms with E-state index in [-0.39, 0.29) is 11.9 Å². The Kier molecular flexibility index (Phi) is 11.2. The average Bonchev–Trinajstić information content (AvgIpc) is 3.37.